The van der Waals surface area contributed by atoms with Crippen LogP contribution in [0.2, 0.25) is 0 Å². The van der Waals surface area contributed by atoms with E-state index in [-0.39, 0.29) is 12.8 Å². The molecule has 1 aliphatic rings. The van der Waals surface area contributed by atoms with Crippen molar-refractivity contribution in [2.24, 2.45) is 5.92 Å². The fourth-order valence-electron chi connectivity index (χ4n) is 4.28. The van der Waals surface area contributed by atoms with Crippen LogP contribution in [0.4, 0.5) is 4.79 Å². The van der Waals surface area contributed by atoms with Gasteiger partial charge in [0, 0.05) is 24.7 Å². The zero-order chi connectivity index (χ0) is 20.2. The van der Waals surface area contributed by atoms with Crippen molar-refractivity contribution in [3.63, 3.8) is 0 Å². The number of amides is 2. The summed E-state index contributed by atoms with van der Waals surface area (Å²) >= 11 is 0. The molecule has 0 bridgehead atoms. The van der Waals surface area contributed by atoms with E-state index in [4.69, 9.17) is 5.11 Å². The predicted molar refractivity (Wildman–Crippen MR) is 116 cm³/mol. The van der Waals surface area contributed by atoms with Crippen LogP contribution in [0, 0.1) is 12.8 Å². The highest BCUT2D eigenvalue weighted by Gasteiger charge is 2.22. The summed E-state index contributed by atoms with van der Waals surface area (Å²) < 4.78 is 0. The summed E-state index contributed by atoms with van der Waals surface area (Å²) in [4.78, 5) is 18.1. The molecule has 0 saturated carbocycles. The summed E-state index contributed by atoms with van der Waals surface area (Å²) in [6, 6.07) is 17.1. The Labute approximate surface area is 171 Å². The van der Waals surface area contributed by atoms with Crippen molar-refractivity contribution in [2.75, 3.05) is 19.8 Å². The Bertz CT molecular complexity index is 993. The number of nitrogens with one attached hydrogen (secondary N) is 1. The molecule has 0 atom stereocenters. The maximum atomic E-state index is 11.8. The maximum Gasteiger partial charge on any atom is 0.319 e. The highest BCUT2D eigenvalue weighted by molar-refractivity contribution is 5.88. The van der Waals surface area contributed by atoms with E-state index in [9.17, 15) is 4.79 Å². The number of fused-ring (bicyclic) bond motifs is 1. The lowest BCUT2D eigenvalue weighted by atomic mass is 9.89. The molecule has 1 aromatic heterocycles. The molecule has 1 fully saturated rings. The third-order valence-electron chi connectivity index (χ3n) is 5.95. The quantitative estimate of drug-likeness (QED) is 0.660. The van der Waals surface area contributed by atoms with Crippen molar-refractivity contribution >= 4 is 16.9 Å². The number of carbonyl (C=O) groups is 1. The van der Waals surface area contributed by atoms with Crippen LogP contribution in [-0.4, -0.2) is 40.8 Å². The Hall–Kier alpha value is -2.92. The van der Waals surface area contributed by atoms with Crippen molar-refractivity contribution in [1.29, 1.82) is 0 Å². The number of aliphatic hydroxyl groups excluding tert-OH is 1. The number of carbonyl (C=O) groups excluding carboxylic acids is 1. The maximum absolute atomic E-state index is 11.8. The van der Waals surface area contributed by atoms with Gasteiger partial charge in [0.25, 0.3) is 0 Å². The molecule has 29 heavy (non-hydrogen) atoms. The first-order valence-electron chi connectivity index (χ1n) is 10.2. The van der Waals surface area contributed by atoms with Crippen LogP contribution in [0.3, 0.4) is 0 Å². The lowest BCUT2D eigenvalue weighted by Gasteiger charge is -2.32. The molecule has 2 amide bonds. The Morgan fingerprint density at radius 2 is 1.90 bits per heavy atom. The van der Waals surface area contributed by atoms with Crippen LogP contribution in [0.25, 0.3) is 22.0 Å². The Kier molecular flexibility index (Phi) is 5.76. The first-order valence-corrected chi connectivity index (χ1v) is 10.2. The lowest BCUT2D eigenvalue weighted by Crippen LogP contribution is -2.44. The van der Waals surface area contributed by atoms with Crippen LogP contribution < -0.4 is 5.32 Å². The van der Waals surface area contributed by atoms with Crippen molar-refractivity contribution in [3.05, 3.63) is 65.9 Å². The lowest BCUT2D eigenvalue weighted by molar-refractivity contribution is 0.158. The van der Waals surface area contributed by atoms with Gasteiger partial charge in [0.2, 0.25) is 0 Å². The second-order valence-corrected chi connectivity index (χ2v) is 7.78. The second kappa shape index (κ2) is 8.62. The molecule has 1 saturated heterocycles. The molecule has 0 aliphatic carbocycles. The number of aromatic nitrogens is 1. The minimum Gasteiger partial charge on any atom is -0.376 e. The molecular weight excluding hydrogens is 362 g/mol. The van der Waals surface area contributed by atoms with Gasteiger partial charge in [-0.05, 0) is 60.4 Å². The number of likely N-dealkylation sites (tertiary alicyclic amines) is 1. The highest BCUT2D eigenvalue weighted by atomic mass is 16.3. The Morgan fingerprint density at radius 1 is 1.14 bits per heavy atom. The first kappa shape index (κ1) is 19.4. The van der Waals surface area contributed by atoms with Gasteiger partial charge in [0.15, 0.2) is 0 Å². The zero-order valence-corrected chi connectivity index (χ0v) is 16.8. The molecule has 2 N–H and O–H groups in total. The fraction of sp³-hybridized carbons (Fsp3) is 0.333. The molecule has 2 heterocycles. The summed E-state index contributed by atoms with van der Waals surface area (Å²) in [6.07, 6.45) is 4.88. The van der Waals surface area contributed by atoms with E-state index in [1.54, 1.807) is 4.90 Å². The number of hydrogen-bond acceptors (Lipinski definition) is 3. The van der Waals surface area contributed by atoms with Crippen LogP contribution in [-0.2, 0) is 6.42 Å². The van der Waals surface area contributed by atoms with Gasteiger partial charge in [-0.3, -0.25) is 4.98 Å². The van der Waals surface area contributed by atoms with E-state index < -0.39 is 0 Å². The largest absolute Gasteiger partial charge is 0.376 e. The summed E-state index contributed by atoms with van der Waals surface area (Å²) in [5.74, 6) is 0.589. The molecule has 5 nitrogen and oxygen atoms in total. The highest BCUT2D eigenvalue weighted by Crippen LogP contribution is 2.29. The average molecular weight is 389 g/mol. The van der Waals surface area contributed by atoms with Gasteiger partial charge in [0.05, 0.1) is 5.52 Å². The third-order valence-corrected chi connectivity index (χ3v) is 5.95. The number of aliphatic hydroxyl groups is 1. The number of urea groups is 1. The van der Waals surface area contributed by atoms with E-state index in [1.165, 1.54) is 27.6 Å². The zero-order valence-electron chi connectivity index (χ0n) is 16.8. The van der Waals surface area contributed by atoms with E-state index >= 15 is 0 Å². The van der Waals surface area contributed by atoms with E-state index in [0.29, 0.717) is 5.92 Å². The van der Waals surface area contributed by atoms with Crippen LogP contribution >= 0.6 is 0 Å². The number of rotatable bonds is 4. The standard InChI is InChI=1S/C24H27N3O2/c1-17-22(9-8-21-3-2-12-25-23(17)21)20-6-4-18(5-7-20)15-19-10-13-27(14-11-19)24(29)26-16-28/h2-9,12,19,28H,10-11,13-16H2,1H3,(H,26,29). The summed E-state index contributed by atoms with van der Waals surface area (Å²) in [5, 5.41) is 12.5. The van der Waals surface area contributed by atoms with Crippen LogP contribution in [0.15, 0.2) is 54.7 Å². The molecular formula is C24H27N3O2. The van der Waals surface area contributed by atoms with Crippen molar-refractivity contribution in [2.45, 2.75) is 26.2 Å². The Balaban J connectivity index is 1.42. The molecule has 0 unspecified atom stereocenters. The van der Waals surface area contributed by atoms with Gasteiger partial charge < -0.3 is 15.3 Å². The van der Waals surface area contributed by atoms with Gasteiger partial charge >= 0.3 is 6.03 Å². The average Bonchev–Trinajstić information content (AvgIpc) is 2.76. The van der Waals surface area contributed by atoms with E-state index in [1.807, 2.05) is 12.3 Å². The number of benzene rings is 2. The third kappa shape index (κ3) is 4.25. The van der Waals surface area contributed by atoms with E-state index in [2.05, 4.69) is 59.7 Å². The number of aryl methyl sites for hydroxylation is 1. The van der Waals surface area contributed by atoms with Crippen molar-refractivity contribution in [1.82, 2.24) is 15.2 Å². The van der Waals surface area contributed by atoms with Gasteiger partial charge in [-0.2, -0.15) is 0 Å². The van der Waals surface area contributed by atoms with Gasteiger partial charge in [-0.1, -0.05) is 42.5 Å². The van der Waals surface area contributed by atoms with Crippen molar-refractivity contribution in [3.8, 4) is 11.1 Å². The molecule has 3 aromatic rings. The molecule has 0 spiro atoms. The van der Waals surface area contributed by atoms with Gasteiger partial charge in [-0.15, -0.1) is 0 Å². The summed E-state index contributed by atoms with van der Waals surface area (Å²) in [6.45, 7) is 3.33. The summed E-state index contributed by atoms with van der Waals surface area (Å²) in [7, 11) is 0. The van der Waals surface area contributed by atoms with Gasteiger partial charge in [0.1, 0.15) is 6.73 Å². The topological polar surface area (TPSA) is 65.5 Å². The van der Waals surface area contributed by atoms with Crippen LogP contribution in [0.1, 0.15) is 24.0 Å². The van der Waals surface area contributed by atoms with Crippen molar-refractivity contribution < 1.29 is 9.90 Å². The molecule has 0 radical (unpaired) electrons. The van der Waals surface area contributed by atoms with E-state index in [0.717, 1.165) is 37.9 Å². The normalized spacial score (nSPS) is 14.9. The molecule has 2 aromatic carbocycles. The minimum absolute atomic E-state index is 0.171. The monoisotopic (exact) mass is 389 g/mol. The SMILES string of the molecule is Cc1c(-c2ccc(CC3CCN(C(=O)NCO)CC3)cc2)ccc2cccnc12. The predicted octanol–water partition coefficient (Wildman–Crippen LogP) is 4.12. The fourth-order valence-corrected chi connectivity index (χ4v) is 4.28. The Morgan fingerprint density at radius 3 is 2.62 bits per heavy atom. The first-order chi connectivity index (χ1) is 14.2. The minimum atomic E-state index is -0.308. The number of hydrogen-bond donors (Lipinski definition) is 2. The number of pyridine rings is 1. The summed E-state index contributed by atoms with van der Waals surface area (Å²) in [5.41, 5.74) is 6.05. The molecule has 150 valence electrons. The molecule has 5 heteroatoms. The van der Waals surface area contributed by atoms with Gasteiger partial charge in [-0.25, -0.2) is 4.79 Å². The number of piperidine rings is 1. The van der Waals surface area contributed by atoms with Crippen LogP contribution in [0.5, 0.6) is 0 Å². The molecule has 4 rings (SSSR count). The molecule has 1 aliphatic heterocycles. The second-order valence-electron chi connectivity index (χ2n) is 7.78. The number of nitrogens with zero attached hydrogens (tertiary/aromatic N) is 2. The smallest absolute Gasteiger partial charge is 0.319 e.